The van der Waals surface area contributed by atoms with Crippen LogP contribution in [0, 0.1) is 6.92 Å². The van der Waals surface area contributed by atoms with E-state index in [4.69, 9.17) is 9.97 Å². The Hall–Kier alpha value is -3.29. The molecule has 1 aromatic heterocycles. The van der Waals surface area contributed by atoms with Gasteiger partial charge in [0.15, 0.2) is 0 Å². The van der Waals surface area contributed by atoms with Crippen LogP contribution in [0.5, 0.6) is 0 Å². The maximum Gasteiger partial charge on any atom is 0.241 e. The Morgan fingerprint density at radius 2 is 1.94 bits per heavy atom. The largest absolute Gasteiger partial charge is 0.347 e. The first kappa shape index (κ1) is 21.0. The first-order valence-corrected chi connectivity index (χ1v) is 10.7. The lowest BCUT2D eigenvalue weighted by molar-refractivity contribution is -0.131. The van der Waals surface area contributed by atoms with Crippen molar-refractivity contribution in [2.45, 2.75) is 45.6 Å². The fourth-order valence-corrected chi connectivity index (χ4v) is 4.22. The van der Waals surface area contributed by atoms with Gasteiger partial charge < -0.3 is 10.2 Å². The Labute approximate surface area is 181 Å². The van der Waals surface area contributed by atoms with E-state index in [1.54, 1.807) is 9.80 Å². The van der Waals surface area contributed by atoms with Crippen LogP contribution in [0.15, 0.2) is 30.3 Å². The highest BCUT2D eigenvalue weighted by Crippen LogP contribution is 2.33. The van der Waals surface area contributed by atoms with Crippen molar-refractivity contribution in [3.8, 4) is 0 Å². The Balaban J connectivity index is 1.56. The molecule has 2 aromatic rings. The van der Waals surface area contributed by atoms with Gasteiger partial charge in [-0.25, -0.2) is 9.97 Å². The van der Waals surface area contributed by atoms with E-state index in [9.17, 15) is 14.4 Å². The number of aryl methyl sites for hydroxylation is 1. The normalized spacial score (nSPS) is 18.1. The molecule has 0 aliphatic carbocycles. The zero-order valence-electron chi connectivity index (χ0n) is 17.9. The van der Waals surface area contributed by atoms with Gasteiger partial charge in [-0.05, 0) is 25.3 Å². The highest BCUT2D eigenvalue weighted by molar-refractivity contribution is 5.95. The standard InChI is InChI=1S/C23H27N5O3/c1-15-19-8-9-20(30)28(13-17-6-4-3-5-7-17)23(19)26-22(25-15)18-10-11-27(14-18)21(31)12-24-16(2)29/h3-7,18H,8-14H2,1-2H3,(H,24,29)/t18-/m0/s1. The maximum absolute atomic E-state index is 12.8. The molecule has 1 aromatic carbocycles. The molecule has 4 rings (SSSR count). The van der Waals surface area contributed by atoms with Crippen molar-refractivity contribution in [3.05, 3.63) is 53.0 Å². The van der Waals surface area contributed by atoms with Crippen LogP contribution in [-0.4, -0.2) is 52.2 Å². The van der Waals surface area contributed by atoms with Crippen LogP contribution >= 0.6 is 0 Å². The van der Waals surface area contributed by atoms with Gasteiger partial charge in [0.1, 0.15) is 11.6 Å². The number of nitrogens with one attached hydrogen (secondary N) is 1. The Kier molecular flexibility index (Phi) is 5.97. The number of carbonyl (C=O) groups excluding carboxylic acids is 3. The molecule has 31 heavy (non-hydrogen) atoms. The summed E-state index contributed by atoms with van der Waals surface area (Å²) < 4.78 is 0. The number of fused-ring (bicyclic) bond motifs is 1. The summed E-state index contributed by atoms with van der Waals surface area (Å²) in [6, 6.07) is 9.90. The third kappa shape index (κ3) is 4.57. The lowest BCUT2D eigenvalue weighted by Gasteiger charge is -2.30. The summed E-state index contributed by atoms with van der Waals surface area (Å²) in [7, 11) is 0. The summed E-state index contributed by atoms with van der Waals surface area (Å²) in [6.45, 7) is 4.97. The van der Waals surface area contributed by atoms with Crippen molar-refractivity contribution in [2.75, 3.05) is 24.5 Å². The summed E-state index contributed by atoms with van der Waals surface area (Å²) in [6.07, 6.45) is 1.87. The molecule has 0 radical (unpaired) electrons. The SMILES string of the molecule is CC(=O)NCC(=O)N1CC[C@H](c2nc(C)c3c(n2)N(Cc2ccccc2)C(=O)CC3)C1. The van der Waals surface area contributed by atoms with E-state index in [-0.39, 0.29) is 30.2 Å². The second kappa shape index (κ2) is 8.83. The summed E-state index contributed by atoms with van der Waals surface area (Å²) in [5.41, 5.74) is 2.97. The number of likely N-dealkylation sites (tertiary alicyclic amines) is 1. The monoisotopic (exact) mass is 421 g/mol. The molecule has 2 aliphatic heterocycles. The smallest absolute Gasteiger partial charge is 0.241 e. The van der Waals surface area contributed by atoms with Gasteiger partial charge in [0.05, 0.1) is 13.1 Å². The molecule has 8 heteroatoms. The van der Waals surface area contributed by atoms with Gasteiger partial charge in [-0.15, -0.1) is 0 Å². The number of rotatable bonds is 5. The molecule has 0 bridgehead atoms. The minimum absolute atomic E-state index is 0.00544. The predicted octanol–water partition coefficient (Wildman–Crippen LogP) is 1.72. The quantitative estimate of drug-likeness (QED) is 0.793. The van der Waals surface area contributed by atoms with Crippen LogP contribution in [0.3, 0.4) is 0 Å². The lowest BCUT2D eigenvalue weighted by Crippen LogP contribution is -2.38. The van der Waals surface area contributed by atoms with Crippen molar-refractivity contribution in [1.29, 1.82) is 0 Å². The summed E-state index contributed by atoms with van der Waals surface area (Å²) in [5, 5.41) is 2.56. The van der Waals surface area contributed by atoms with Crippen LogP contribution < -0.4 is 10.2 Å². The fourth-order valence-electron chi connectivity index (χ4n) is 4.22. The van der Waals surface area contributed by atoms with Gasteiger partial charge in [-0.2, -0.15) is 0 Å². The number of carbonyl (C=O) groups is 3. The summed E-state index contributed by atoms with van der Waals surface area (Å²) >= 11 is 0. The zero-order valence-corrected chi connectivity index (χ0v) is 17.9. The van der Waals surface area contributed by atoms with Crippen LogP contribution in [-0.2, 0) is 27.3 Å². The Morgan fingerprint density at radius 1 is 1.16 bits per heavy atom. The van der Waals surface area contributed by atoms with E-state index in [2.05, 4.69) is 5.32 Å². The number of hydrogen-bond acceptors (Lipinski definition) is 5. The number of aromatic nitrogens is 2. The fraction of sp³-hybridized carbons (Fsp3) is 0.435. The maximum atomic E-state index is 12.8. The highest BCUT2D eigenvalue weighted by atomic mass is 16.2. The van der Waals surface area contributed by atoms with E-state index < -0.39 is 0 Å². The molecule has 0 spiro atoms. The van der Waals surface area contributed by atoms with Crippen molar-refractivity contribution in [2.24, 2.45) is 0 Å². The molecule has 3 heterocycles. The molecule has 1 saturated heterocycles. The van der Waals surface area contributed by atoms with Crippen molar-refractivity contribution < 1.29 is 14.4 Å². The first-order valence-electron chi connectivity index (χ1n) is 10.7. The average molecular weight is 422 g/mol. The minimum atomic E-state index is -0.221. The van der Waals surface area contributed by atoms with E-state index in [0.29, 0.717) is 44.1 Å². The molecular formula is C23H27N5O3. The van der Waals surface area contributed by atoms with Crippen LogP contribution in [0.1, 0.15) is 48.3 Å². The van der Waals surface area contributed by atoms with Gasteiger partial charge in [0.2, 0.25) is 17.7 Å². The molecule has 0 saturated carbocycles. The molecule has 1 fully saturated rings. The topological polar surface area (TPSA) is 95.5 Å². The van der Waals surface area contributed by atoms with Crippen LogP contribution in [0.2, 0.25) is 0 Å². The van der Waals surface area contributed by atoms with E-state index in [0.717, 1.165) is 23.2 Å². The number of nitrogens with zero attached hydrogens (tertiary/aromatic N) is 4. The zero-order chi connectivity index (χ0) is 22.0. The average Bonchev–Trinajstić information content (AvgIpc) is 3.25. The van der Waals surface area contributed by atoms with Gasteiger partial charge in [-0.1, -0.05) is 30.3 Å². The molecule has 0 unspecified atom stereocenters. The predicted molar refractivity (Wildman–Crippen MR) is 115 cm³/mol. The van der Waals surface area contributed by atoms with Gasteiger partial charge in [0, 0.05) is 43.6 Å². The third-order valence-electron chi connectivity index (χ3n) is 5.93. The summed E-state index contributed by atoms with van der Waals surface area (Å²) in [4.78, 5) is 49.3. The Morgan fingerprint density at radius 3 is 2.68 bits per heavy atom. The first-order chi connectivity index (χ1) is 14.9. The Bertz CT molecular complexity index is 1010. The molecule has 8 nitrogen and oxygen atoms in total. The highest BCUT2D eigenvalue weighted by Gasteiger charge is 2.33. The molecule has 1 N–H and O–H groups in total. The number of hydrogen-bond donors (Lipinski definition) is 1. The molecule has 2 aliphatic rings. The molecular weight excluding hydrogens is 394 g/mol. The molecule has 162 valence electrons. The third-order valence-corrected chi connectivity index (χ3v) is 5.93. The minimum Gasteiger partial charge on any atom is -0.347 e. The molecule has 1 atom stereocenters. The number of anilines is 1. The number of amides is 3. The number of benzene rings is 1. The lowest BCUT2D eigenvalue weighted by atomic mass is 10.0. The van der Waals surface area contributed by atoms with Crippen LogP contribution in [0.4, 0.5) is 5.82 Å². The van der Waals surface area contributed by atoms with Crippen molar-refractivity contribution >= 4 is 23.5 Å². The summed E-state index contributed by atoms with van der Waals surface area (Å²) in [5.74, 6) is 1.14. The van der Waals surface area contributed by atoms with E-state index in [1.807, 2.05) is 37.3 Å². The van der Waals surface area contributed by atoms with Crippen molar-refractivity contribution in [1.82, 2.24) is 20.2 Å². The second-order valence-electron chi connectivity index (χ2n) is 8.17. The van der Waals surface area contributed by atoms with Gasteiger partial charge in [0.25, 0.3) is 0 Å². The molecule has 3 amide bonds. The van der Waals surface area contributed by atoms with Gasteiger partial charge >= 0.3 is 0 Å². The van der Waals surface area contributed by atoms with Crippen molar-refractivity contribution in [3.63, 3.8) is 0 Å². The van der Waals surface area contributed by atoms with E-state index in [1.165, 1.54) is 6.92 Å². The van der Waals surface area contributed by atoms with Crippen LogP contribution in [0.25, 0.3) is 0 Å². The van der Waals surface area contributed by atoms with Gasteiger partial charge in [-0.3, -0.25) is 19.3 Å². The second-order valence-corrected chi connectivity index (χ2v) is 8.17. The van der Waals surface area contributed by atoms with E-state index >= 15 is 0 Å².